The van der Waals surface area contributed by atoms with E-state index in [0.29, 0.717) is 5.92 Å². The second-order valence-electron chi connectivity index (χ2n) is 14.6. The second-order valence-corrected chi connectivity index (χ2v) is 14.6. The van der Waals surface area contributed by atoms with Crippen molar-refractivity contribution in [3.63, 3.8) is 0 Å². The molecule has 2 aliphatic carbocycles. The minimum atomic E-state index is -0.719. The predicted octanol–water partition coefficient (Wildman–Crippen LogP) is 6.47. The fourth-order valence-corrected chi connectivity index (χ4v) is 5.88. The summed E-state index contributed by atoms with van der Waals surface area (Å²) in [5.74, 6) is 0.583. The molecule has 0 N–H and O–H groups in total. The van der Waals surface area contributed by atoms with Crippen molar-refractivity contribution in [2.75, 3.05) is 26.7 Å². The first-order chi connectivity index (χ1) is 20.7. The van der Waals surface area contributed by atoms with Crippen LogP contribution < -0.4 is 0 Å². The first kappa shape index (κ1) is 30.3. The number of nitrogens with zero attached hydrogens (tertiary/aromatic N) is 7. The van der Waals surface area contributed by atoms with Gasteiger partial charge in [0.1, 0.15) is 11.2 Å². The average Bonchev–Trinajstić information content (AvgIpc) is 3.51. The van der Waals surface area contributed by atoms with Crippen molar-refractivity contribution in [2.45, 2.75) is 96.8 Å². The molecule has 2 saturated carbocycles. The Morgan fingerprint density at radius 2 is 1.70 bits per heavy atom. The van der Waals surface area contributed by atoms with E-state index in [2.05, 4.69) is 39.7 Å². The Morgan fingerprint density at radius 3 is 2.30 bits per heavy atom. The number of aromatic nitrogens is 5. The Hall–Kier alpha value is -3.73. The first-order valence-electron chi connectivity index (χ1n) is 15.8. The van der Waals surface area contributed by atoms with Crippen LogP contribution >= 0.6 is 0 Å². The van der Waals surface area contributed by atoms with Gasteiger partial charge < -0.3 is 14.4 Å². The molecular weight excluding hydrogens is 558 g/mol. The highest BCUT2D eigenvalue weighted by molar-refractivity contribution is 5.88. The average molecular weight is 604 g/mol. The molecule has 0 atom stereocenters. The summed E-state index contributed by atoms with van der Waals surface area (Å²) in [7, 11) is 2.13. The number of imide groups is 1. The SMILES string of the molecule is CN1CC=C(n2ncc3cnc(-c4cn(C5CC(CN(C(=O)OC(C)(C)C)C(=O)OC(C)(C)C)C5)nc4C4CC4)cc32)CC1. The zero-order valence-electron chi connectivity index (χ0n) is 27.0. The van der Waals surface area contributed by atoms with Crippen LogP contribution in [0.5, 0.6) is 0 Å². The summed E-state index contributed by atoms with van der Waals surface area (Å²) in [6, 6.07) is 2.33. The predicted molar refractivity (Wildman–Crippen MR) is 168 cm³/mol. The van der Waals surface area contributed by atoms with Gasteiger partial charge in [-0.25, -0.2) is 19.2 Å². The Kier molecular flexibility index (Phi) is 7.80. The van der Waals surface area contributed by atoms with Crippen LogP contribution in [-0.4, -0.2) is 84.4 Å². The monoisotopic (exact) mass is 603 g/mol. The molecule has 0 saturated heterocycles. The van der Waals surface area contributed by atoms with E-state index in [1.165, 1.54) is 5.70 Å². The molecule has 2 amide bonds. The molecule has 236 valence electrons. The topological polar surface area (TPSA) is 108 Å². The third-order valence-corrected chi connectivity index (χ3v) is 8.37. The van der Waals surface area contributed by atoms with Crippen molar-refractivity contribution < 1.29 is 19.1 Å². The number of carbonyl (C=O) groups is 2. The quantitative estimate of drug-likeness (QED) is 0.315. The molecule has 11 heteroatoms. The molecule has 44 heavy (non-hydrogen) atoms. The van der Waals surface area contributed by atoms with E-state index in [-0.39, 0.29) is 18.5 Å². The van der Waals surface area contributed by atoms with Gasteiger partial charge in [0.15, 0.2) is 0 Å². The second kappa shape index (κ2) is 11.3. The van der Waals surface area contributed by atoms with Crippen molar-refractivity contribution in [3.8, 4) is 11.3 Å². The highest BCUT2D eigenvalue weighted by Gasteiger charge is 2.39. The summed E-state index contributed by atoms with van der Waals surface area (Å²) in [5, 5.41) is 10.8. The highest BCUT2D eigenvalue weighted by Crippen LogP contribution is 2.46. The van der Waals surface area contributed by atoms with E-state index in [4.69, 9.17) is 24.7 Å². The maximum atomic E-state index is 13.0. The molecule has 6 rings (SSSR count). The molecule has 0 spiro atoms. The van der Waals surface area contributed by atoms with E-state index < -0.39 is 23.4 Å². The minimum Gasteiger partial charge on any atom is -0.443 e. The van der Waals surface area contributed by atoms with Gasteiger partial charge in [0.2, 0.25) is 0 Å². The molecule has 0 radical (unpaired) electrons. The third kappa shape index (κ3) is 6.67. The van der Waals surface area contributed by atoms with Crippen LogP contribution in [0.3, 0.4) is 0 Å². The van der Waals surface area contributed by atoms with E-state index in [9.17, 15) is 9.59 Å². The lowest BCUT2D eigenvalue weighted by atomic mass is 9.80. The standard InChI is InChI=1S/C33H45N7O4/c1-32(2,3)43-30(41)38(31(42)44-33(4,5)6)19-21-14-25(15-21)39-20-26(29(36-39)22-8-9-22)27-16-28-23(17-34-27)18-35-40(28)24-10-12-37(7)13-11-24/h10,16-18,20-22,25H,8-9,11-15,19H2,1-7H3. The molecule has 2 fully saturated rings. The summed E-state index contributed by atoms with van der Waals surface area (Å²) in [5.41, 5.74) is 3.94. The first-order valence-corrected chi connectivity index (χ1v) is 15.8. The van der Waals surface area contributed by atoms with Gasteiger partial charge in [0.25, 0.3) is 0 Å². The van der Waals surface area contributed by atoms with Crippen LogP contribution in [0.1, 0.15) is 91.3 Å². The maximum absolute atomic E-state index is 13.0. The number of amides is 2. The van der Waals surface area contributed by atoms with Crippen LogP contribution in [-0.2, 0) is 9.47 Å². The number of fused-ring (bicyclic) bond motifs is 1. The van der Waals surface area contributed by atoms with Crippen LogP contribution in [0.2, 0.25) is 0 Å². The van der Waals surface area contributed by atoms with Crippen LogP contribution in [0.15, 0.2) is 30.7 Å². The number of ether oxygens (including phenoxy) is 2. The van der Waals surface area contributed by atoms with Gasteiger partial charge in [0, 0.05) is 61.0 Å². The van der Waals surface area contributed by atoms with E-state index in [1.807, 2.05) is 12.4 Å². The molecular formula is C33H45N7O4. The Bertz CT molecular complexity index is 1550. The van der Waals surface area contributed by atoms with Crippen LogP contribution in [0.25, 0.3) is 27.9 Å². The molecule has 1 aliphatic heterocycles. The van der Waals surface area contributed by atoms with Gasteiger partial charge in [-0.2, -0.15) is 10.2 Å². The molecule has 0 unspecified atom stereocenters. The summed E-state index contributed by atoms with van der Waals surface area (Å²) in [4.78, 5) is 34.2. The van der Waals surface area contributed by atoms with Crippen molar-refractivity contribution >= 4 is 28.8 Å². The number of likely N-dealkylation sites (N-methyl/N-ethyl adjacent to an activating group) is 1. The zero-order chi connectivity index (χ0) is 31.4. The smallest absolute Gasteiger partial charge is 0.419 e. The molecule has 3 aromatic heterocycles. The Balaban J connectivity index is 1.20. The number of rotatable bonds is 6. The van der Waals surface area contributed by atoms with Gasteiger partial charge >= 0.3 is 12.2 Å². The molecule has 11 nitrogen and oxygen atoms in total. The normalized spacial score (nSPS) is 21.1. The van der Waals surface area contributed by atoms with Crippen molar-refractivity contribution in [1.29, 1.82) is 0 Å². The number of carbonyl (C=O) groups excluding carboxylic acids is 2. The summed E-state index contributed by atoms with van der Waals surface area (Å²) >= 11 is 0. The van der Waals surface area contributed by atoms with E-state index in [0.717, 1.165) is 77.9 Å². The number of pyridine rings is 1. The summed E-state index contributed by atoms with van der Waals surface area (Å²) in [6.45, 7) is 12.9. The van der Waals surface area contributed by atoms with E-state index >= 15 is 0 Å². The largest absolute Gasteiger partial charge is 0.443 e. The fourth-order valence-electron chi connectivity index (χ4n) is 5.88. The van der Waals surface area contributed by atoms with Crippen molar-refractivity contribution in [1.82, 2.24) is 34.3 Å². The van der Waals surface area contributed by atoms with Gasteiger partial charge in [0.05, 0.1) is 29.1 Å². The lowest BCUT2D eigenvalue weighted by Gasteiger charge is -2.38. The lowest BCUT2D eigenvalue weighted by molar-refractivity contribution is -0.00641. The van der Waals surface area contributed by atoms with Crippen LogP contribution in [0, 0.1) is 5.92 Å². The van der Waals surface area contributed by atoms with Crippen LogP contribution in [0.4, 0.5) is 9.59 Å². The summed E-state index contributed by atoms with van der Waals surface area (Å²) in [6.07, 6.45) is 11.7. The number of hydrogen-bond acceptors (Lipinski definition) is 8. The molecule has 3 aliphatic rings. The van der Waals surface area contributed by atoms with E-state index in [1.54, 1.807) is 41.5 Å². The van der Waals surface area contributed by atoms with Gasteiger partial charge in [-0.15, -0.1) is 0 Å². The lowest BCUT2D eigenvalue weighted by Crippen LogP contribution is -2.47. The fraction of sp³-hybridized carbons (Fsp3) is 0.606. The maximum Gasteiger partial charge on any atom is 0.419 e. The molecule has 3 aromatic rings. The Labute approximate surface area is 259 Å². The molecule has 0 aromatic carbocycles. The number of hydrogen-bond donors (Lipinski definition) is 0. The third-order valence-electron chi connectivity index (χ3n) is 8.37. The minimum absolute atomic E-state index is 0.128. The van der Waals surface area contributed by atoms with Gasteiger partial charge in [-0.1, -0.05) is 0 Å². The Morgan fingerprint density at radius 1 is 1.02 bits per heavy atom. The van der Waals surface area contributed by atoms with Gasteiger partial charge in [-0.3, -0.25) is 9.67 Å². The van der Waals surface area contributed by atoms with Crippen molar-refractivity contribution in [3.05, 3.63) is 36.4 Å². The van der Waals surface area contributed by atoms with Gasteiger partial charge in [-0.05, 0) is 92.3 Å². The molecule has 4 heterocycles. The van der Waals surface area contributed by atoms with Crippen molar-refractivity contribution in [2.24, 2.45) is 5.92 Å². The highest BCUT2D eigenvalue weighted by atomic mass is 16.6. The summed E-state index contributed by atoms with van der Waals surface area (Å²) < 4.78 is 15.2. The molecule has 0 bridgehead atoms. The zero-order valence-corrected chi connectivity index (χ0v) is 27.0.